The van der Waals surface area contributed by atoms with Crippen LogP contribution in [0.5, 0.6) is 11.5 Å². The minimum Gasteiger partial charge on any atom is -0.504 e. The molecule has 0 spiro atoms. The van der Waals surface area contributed by atoms with E-state index in [0.717, 1.165) is 18.8 Å². The van der Waals surface area contributed by atoms with E-state index in [2.05, 4.69) is 29.3 Å². The van der Waals surface area contributed by atoms with Crippen molar-refractivity contribution in [2.75, 3.05) is 25.1 Å². The molecule has 132 valence electrons. The molecule has 2 rings (SSSR count). The minimum atomic E-state index is -0.292. The van der Waals surface area contributed by atoms with Crippen LogP contribution >= 0.6 is 0 Å². The van der Waals surface area contributed by atoms with Gasteiger partial charge in [-0.3, -0.25) is 4.79 Å². The number of carbonyl (C=O) groups excluding carboxylic acids is 1. The van der Waals surface area contributed by atoms with E-state index < -0.39 is 0 Å². The Bertz CT molecular complexity index is 738. The third-order valence-corrected chi connectivity index (χ3v) is 3.84. The first-order chi connectivity index (χ1) is 12.1. The van der Waals surface area contributed by atoms with Gasteiger partial charge in [-0.05, 0) is 61.9 Å². The first-order valence-corrected chi connectivity index (χ1v) is 8.14. The summed E-state index contributed by atoms with van der Waals surface area (Å²) in [5.74, 6) is 0.110. The fourth-order valence-corrected chi connectivity index (χ4v) is 2.43. The number of carbonyl (C=O) groups is 1. The average Bonchev–Trinajstić information content (AvgIpc) is 2.63. The number of hydrazone groups is 1. The van der Waals surface area contributed by atoms with Crippen LogP contribution in [-0.2, 0) is 0 Å². The van der Waals surface area contributed by atoms with Crippen molar-refractivity contribution in [2.45, 2.75) is 13.8 Å². The number of ether oxygens (including phenoxy) is 1. The van der Waals surface area contributed by atoms with Crippen LogP contribution in [0.4, 0.5) is 5.69 Å². The molecule has 1 amide bonds. The normalized spacial score (nSPS) is 10.7. The number of aromatic hydroxyl groups is 1. The van der Waals surface area contributed by atoms with Crippen LogP contribution in [0.2, 0.25) is 0 Å². The number of rotatable bonds is 7. The Morgan fingerprint density at radius 2 is 1.88 bits per heavy atom. The SMILES string of the molecule is CCN(CC)c1ccc(C(=O)N/N=C/c2ccc(OC)c(O)c2)cc1. The highest BCUT2D eigenvalue weighted by Gasteiger charge is 2.06. The number of hydrogen-bond acceptors (Lipinski definition) is 5. The third kappa shape index (κ3) is 4.73. The van der Waals surface area contributed by atoms with Gasteiger partial charge in [-0.15, -0.1) is 0 Å². The average molecular weight is 341 g/mol. The second kappa shape index (κ2) is 8.73. The zero-order chi connectivity index (χ0) is 18.2. The van der Waals surface area contributed by atoms with Crippen molar-refractivity contribution in [3.8, 4) is 11.5 Å². The van der Waals surface area contributed by atoms with Gasteiger partial charge in [0, 0.05) is 24.3 Å². The lowest BCUT2D eigenvalue weighted by Gasteiger charge is -2.20. The summed E-state index contributed by atoms with van der Waals surface area (Å²) in [6.45, 7) is 6.02. The van der Waals surface area contributed by atoms with Crippen LogP contribution in [0.25, 0.3) is 0 Å². The molecule has 0 aliphatic rings. The first-order valence-electron chi connectivity index (χ1n) is 8.14. The Morgan fingerprint density at radius 1 is 1.20 bits per heavy atom. The summed E-state index contributed by atoms with van der Waals surface area (Å²) in [6, 6.07) is 12.3. The van der Waals surface area contributed by atoms with Crippen molar-refractivity contribution in [1.29, 1.82) is 0 Å². The van der Waals surface area contributed by atoms with Gasteiger partial charge in [-0.2, -0.15) is 5.10 Å². The summed E-state index contributed by atoms with van der Waals surface area (Å²) < 4.78 is 4.98. The van der Waals surface area contributed by atoms with Crippen LogP contribution in [0.1, 0.15) is 29.8 Å². The summed E-state index contributed by atoms with van der Waals surface area (Å²) in [5, 5.41) is 13.6. The van der Waals surface area contributed by atoms with Crippen LogP contribution in [-0.4, -0.2) is 37.4 Å². The molecule has 25 heavy (non-hydrogen) atoms. The molecule has 0 aliphatic heterocycles. The fraction of sp³-hybridized carbons (Fsp3) is 0.263. The number of anilines is 1. The number of nitrogens with one attached hydrogen (secondary N) is 1. The summed E-state index contributed by atoms with van der Waals surface area (Å²) in [7, 11) is 1.48. The number of benzene rings is 2. The molecular weight excluding hydrogens is 318 g/mol. The van der Waals surface area contributed by atoms with Crippen LogP contribution < -0.4 is 15.1 Å². The number of hydrogen-bond donors (Lipinski definition) is 2. The Balaban J connectivity index is 1.99. The van der Waals surface area contributed by atoms with Gasteiger partial charge in [0.05, 0.1) is 13.3 Å². The summed E-state index contributed by atoms with van der Waals surface area (Å²) >= 11 is 0. The summed E-state index contributed by atoms with van der Waals surface area (Å²) in [6.07, 6.45) is 1.46. The topological polar surface area (TPSA) is 74.2 Å². The molecule has 0 aliphatic carbocycles. The molecule has 0 fully saturated rings. The maximum atomic E-state index is 12.1. The second-order valence-corrected chi connectivity index (χ2v) is 5.35. The van der Waals surface area contributed by atoms with Gasteiger partial charge in [0.15, 0.2) is 11.5 Å². The van der Waals surface area contributed by atoms with E-state index in [9.17, 15) is 9.90 Å². The number of phenols is 1. The molecule has 2 aromatic carbocycles. The minimum absolute atomic E-state index is 0.0183. The lowest BCUT2D eigenvalue weighted by atomic mass is 10.2. The molecule has 0 aromatic heterocycles. The van der Waals surface area contributed by atoms with Crippen LogP contribution in [0.15, 0.2) is 47.6 Å². The third-order valence-electron chi connectivity index (χ3n) is 3.84. The van der Waals surface area contributed by atoms with Gasteiger partial charge in [-0.25, -0.2) is 5.43 Å². The predicted molar refractivity (Wildman–Crippen MR) is 99.7 cm³/mol. The fourth-order valence-electron chi connectivity index (χ4n) is 2.43. The second-order valence-electron chi connectivity index (χ2n) is 5.35. The maximum Gasteiger partial charge on any atom is 0.271 e. The Kier molecular flexibility index (Phi) is 6.39. The molecule has 0 atom stereocenters. The maximum absolute atomic E-state index is 12.1. The van der Waals surface area contributed by atoms with E-state index in [4.69, 9.17) is 4.74 Å². The highest BCUT2D eigenvalue weighted by atomic mass is 16.5. The zero-order valence-corrected chi connectivity index (χ0v) is 14.7. The van der Waals surface area contributed by atoms with E-state index >= 15 is 0 Å². The molecule has 2 N–H and O–H groups in total. The van der Waals surface area contributed by atoms with E-state index in [-0.39, 0.29) is 11.7 Å². The standard InChI is InChI=1S/C19H23N3O3/c1-4-22(5-2)16-9-7-15(8-10-16)19(24)21-20-13-14-6-11-18(25-3)17(23)12-14/h6-13,23H,4-5H2,1-3H3,(H,21,24)/b20-13+. The van der Waals surface area contributed by atoms with Crippen molar-refractivity contribution < 1.29 is 14.6 Å². The number of methoxy groups -OCH3 is 1. The van der Waals surface area contributed by atoms with Crippen LogP contribution in [0.3, 0.4) is 0 Å². The highest BCUT2D eigenvalue weighted by Crippen LogP contribution is 2.25. The largest absolute Gasteiger partial charge is 0.504 e. The van der Waals surface area contributed by atoms with E-state index in [1.54, 1.807) is 24.3 Å². The molecule has 0 heterocycles. The van der Waals surface area contributed by atoms with Crippen molar-refractivity contribution >= 4 is 17.8 Å². The Labute approximate surface area is 147 Å². The van der Waals surface area contributed by atoms with Crippen LogP contribution in [0, 0.1) is 0 Å². The Morgan fingerprint density at radius 3 is 2.44 bits per heavy atom. The predicted octanol–water partition coefficient (Wildman–Crippen LogP) is 3.01. The lowest BCUT2D eigenvalue weighted by molar-refractivity contribution is 0.0955. The quantitative estimate of drug-likeness (QED) is 0.600. The highest BCUT2D eigenvalue weighted by molar-refractivity contribution is 5.95. The van der Waals surface area contributed by atoms with Gasteiger partial charge in [-0.1, -0.05) is 0 Å². The number of nitrogens with zero attached hydrogens (tertiary/aromatic N) is 2. The van der Waals surface area contributed by atoms with E-state index in [0.29, 0.717) is 16.9 Å². The summed E-state index contributed by atoms with van der Waals surface area (Å²) in [5.41, 5.74) is 4.74. The van der Waals surface area contributed by atoms with Crippen molar-refractivity contribution in [3.63, 3.8) is 0 Å². The number of phenolic OH excluding ortho intramolecular Hbond substituents is 1. The number of amides is 1. The lowest BCUT2D eigenvalue weighted by Crippen LogP contribution is -2.22. The van der Waals surface area contributed by atoms with E-state index in [1.807, 2.05) is 12.1 Å². The first kappa shape index (κ1) is 18.3. The molecule has 6 heteroatoms. The Hall–Kier alpha value is -3.02. The van der Waals surface area contributed by atoms with Gasteiger partial charge >= 0.3 is 0 Å². The van der Waals surface area contributed by atoms with Gasteiger partial charge in [0.25, 0.3) is 5.91 Å². The molecule has 2 aromatic rings. The monoisotopic (exact) mass is 341 g/mol. The molecule has 0 saturated carbocycles. The molecule has 0 unspecified atom stereocenters. The van der Waals surface area contributed by atoms with Gasteiger partial charge in [0.2, 0.25) is 0 Å². The zero-order valence-electron chi connectivity index (χ0n) is 14.7. The van der Waals surface area contributed by atoms with Crippen molar-refractivity contribution in [3.05, 3.63) is 53.6 Å². The van der Waals surface area contributed by atoms with Gasteiger partial charge in [0.1, 0.15) is 0 Å². The molecule has 0 bridgehead atoms. The summed E-state index contributed by atoms with van der Waals surface area (Å²) in [4.78, 5) is 14.3. The smallest absolute Gasteiger partial charge is 0.271 e. The van der Waals surface area contributed by atoms with E-state index in [1.165, 1.54) is 19.4 Å². The van der Waals surface area contributed by atoms with Crippen molar-refractivity contribution in [1.82, 2.24) is 5.43 Å². The molecular formula is C19H23N3O3. The molecule has 6 nitrogen and oxygen atoms in total. The molecule has 0 saturated heterocycles. The molecule has 0 radical (unpaired) electrons. The van der Waals surface area contributed by atoms with Crippen molar-refractivity contribution in [2.24, 2.45) is 5.10 Å². The van der Waals surface area contributed by atoms with Gasteiger partial charge < -0.3 is 14.7 Å².